The molecule has 5 nitrogen and oxygen atoms in total. The van der Waals surface area contributed by atoms with Crippen LogP contribution in [0.15, 0.2) is 0 Å². The minimum absolute atomic E-state index is 0.285. The lowest BCUT2D eigenvalue weighted by molar-refractivity contribution is -0.0190. The molecule has 0 spiro atoms. The second-order valence-corrected chi connectivity index (χ2v) is 8.25. The van der Waals surface area contributed by atoms with E-state index in [9.17, 15) is 0 Å². The van der Waals surface area contributed by atoms with Gasteiger partial charge in [0, 0.05) is 31.1 Å². The molecule has 4 rings (SSSR count). The Labute approximate surface area is 144 Å². The van der Waals surface area contributed by atoms with E-state index >= 15 is 0 Å². The van der Waals surface area contributed by atoms with E-state index in [4.69, 9.17) is 21.1 Å². The molecule has 3 N–H and O–H groups in total. The van der Waals surface area contributed by atoms with Crippen molar-refractivity contribution in [2.24, 2.45) is 11.8 Å². The van der Waals surface area contributed by atoms with Crippen molar-refractivity contribution < 1.29 is 9.47 Å². The quantitative estimate of drug-likeness (QED) is 0.679. The molecule has 23 heavy (non-hydrogen) atoms. The number of hydrogen-bond donors (Lipinski definition) is 3. The molecule has 0 aromatic rings. The average molecular weight is 344 g/mol. The van der Waals surface area contributed by atoms with Crippen LogP contribution in [0.2, 0.25) is 0 Å². The number of nitrogens with one attached hydrogen (secondary N) is 3. The molecule has 3 aliphatic heterocycles. The molecule has 132 valence electrons. The molecule has 1 saturated carbocycles. The normalized spacial score (nSPS) is 47.6. The Kier molecular flexibility index (Phi) is 5.43. The number of halogens is 1. The number of alkyl halides is 1. The van der Waals surface area contributed by atoms with Crippen molar-refractivity contribution >= 4 is 11.6 Å². The van der Waals surface area contributed by atoms with Crippen LogP contribution in [-0.2, 0) is 9.47 Å². The van der Waals surface area contributed by atoms with Crippen molar-refractivity contribution in [3.63, 3.8) is 0 Å². The van der Waals surface area contributed by atoms with Crippen LogP contribution in [0, 0.1) is 11.8 Å². The minimum Gasteiger partial charge on any atom is -0.377 e. The third kappa shape index (κ3) is 3.70. The Morgan fingerprint density at radius 1 is 0.957 bits per heavy atom. The summed E-state index contributed by atoms with van der Waals surface area (Å²) < 4.78 is 11.9. The van der Waals surface area contributed by atoms with Crippen LogP contribution >= 0.6 is 11.6 Å². The van der Waals surface area contributed by atoms with Gasteiger partial charge in [0.15, 0.2) is 0 Å². The van der Waals surface area contributed by atoms with E-state index in [1.54, 1.807) is 0 Å². The van der Waals surface area contributed by atoms with Crippen LogP contribution in [0.4, 0.5) is 0 Å². The lowest BCUT2D eigenvalue weighted by Crippen LogP contribution is -2.68. The van der Waals surface area contributed by atoms with Crippen LogP contribution in [0.1, 0.15) is 44.9 Å². The third-order valence-electron chi connectivity index (χ3n) is 6.17. The summed E-state index contributed by atoms with van der Waals surface area (Å²) in [5.74, 6) is 1.23. The Morgan fingerprint density at radius 2 is 1.83 bits per heavy atom. The number of ether oxygens (including phenoxy) is 2. The van der Waals surface area contributed by atoms with Crippen molar-refractivity contribution in [2.45, 2.75) is 74.7 Å². The first kappa shape index (κ1) is 16.6. The zero-order chi connectivity index (χ0) is 15.6. The van der Waals surface area contributed by atoms with Crippen molar-refractivity contribution in [1.82, 2.24) is 16.2 Å². The standard InChI is InChI=1S/C17H30ClN3O2/c18-12-5-3-11(4-6-12)15-16-14(7-9-23-16)17(21-20-15)19-10-13-2-1-8-22-13/h11-17,19-21H,1-10H2/t11?,12?,13-,14?,15?,16?,17?/m1/s1. The first-order chi connectivity index (χ1) is 11.3. The zero-order valence-electron chi connectivity index (χ0n) is 13.8. The second kappa shape index (κ2) is 7.54. The number of rotatable bonds is 4. The van der Waals surface area contributed by atoms with E-state index in [1.165, 1.54) is 25.7 Å². The monoisotopic (exact) mass is 343 g/mol. The molecular weight excluding hydrogens is 314 g/mol. The maximum absolute atomic E-state index is 6.27. The maximum atomic E-state index is 6.27. The van der Waals surface area contributed by atoms with Gasteiger partial charge in [-0.1, -0.05) is 0 Å². The fourth-order valence-corrected chi connectivity index (χ4v) is 5.07. The molecule has 0 amide bonds. The minimum atomic E-state index is 0.285. The molecule has 3 saturated heterocycles. The van der Waals surface area contributed by atoms with Crippen LogP contribution in [0.5, 0.6) is 0 Å². The van der Waals surface area contributed by atoms with Gasteiger partial charge in [-0.05, 0) is 50.9 Å². The summed E-state index contributed by atoms with van der Waals surface area (Å²) in [6.07, 6.45) is 9.24. The molecule has 0 aromatic heterocycles. The topological polar surface area (TPSA) is 54.5 Å². The van der Waals surface area contributed by atoms with E-state index in [-0.39, 0.29) is 6.17 Å². The summed E-state index contributed by atoms with van der Waals surface area (Å²) >= 11 is 6.27. The first-order valence-electron chi connectivity index (χ1n) is 9.43. The van der Waals surface area contributed by atoms with E-state index in [0.29, 0.717) is 35.5 Å². The summed E-state index contributed by atoms with van der Waals surface area (Å²) in [6, 6.07) is 0.424. The molecule has 3 heterocycles. The zero-order valence-corrected chi connectivity index (χ0v) is 14.6. The van der Waals surface area contributed by atoms with Gasteiger partial charge in [0.05, 0.1) is 24.4 Å². The Balaban J connectivity index is 1.33. The summed E-state index contributed by atoms with van der Waals surface area (Å²) in [5.41, 5.74) is 7.12. The van der Waals surface area contributed by atoms with Crippen LogP contribution in [0.25, 0.3) is 0 Å². The van der Waals surface area contributed by atoms with Gasteiger partial charge in [-0.25, -0.2) is 5.43 Å². The van der Waals surface area contributed by atoms with E-state index < -0.39 is 0 Å². The highest BCUT2D eigenvalue weighted by atomic mass is 35.5. The summed E-state index contributed by atoms with van der Waals surface area (Å²) in [5, 5.41) is 4.04. The smallest absolute Gasteiger partial charge is 0.0801 e. The van der Waals surface area contributed by atoms with Gasteiger partial charge in [-0.2, -0.15) is 0 Å². The van der Waals surface area contributed by atoms with Gasteiger partial charge in [-0.15, -0.1) is 11.6 Å². The highest BCUT2D eigenvalue weighted by Gasteiger charge is 2.46. The lowest BCUT2D eigenvalue weighted by atomic mass is 9.77. The van der Waals surface area contributed by atoms with Crippen LogP contribution in [0.3, 0.4) is 0 Å². The Bertz CT molecular complexity index is 386. The maximum Gasteiger partial charge on any atom is 0.0801 e. The van der Waals surface area contributed by atoms with Gasteiger partial charge in [0.25, 0.3) is 0 Å². The Morgan fingerprint density at radius 3 is 2.61 bits per heavy atom. The molecule has 0 bridgehead atoms. The lowest BCUT2D eigenvalue weighted by Gasteiger charge is -2.45. The van der Waals surface area contributed by atoms with Gasteiger partial charge >= 0.3 is 0 Å². The first-order valence-corrected chi connectivity index (χ1v) is 9.86. The van der Waals surface area contributed by atoms with Crippen molar-refractivity contribution in [3.05, 3.63) is 0 Å². The molecule has 4 unspecified atom stereocenters. The molecule has 4 aliphatic rings. The van der Waals surface area contributed by atoms with E-state index in [1.807, 2.05) is 0 Å². The highest BCUT2D eigenvalue weighted by Crippen LogP contribution is 2.37. The number of hydrogen-bond acceptors (Lipinski definition) is 5. The van der Waals surface area contributed by atoms with Gasteiger partial charge < -0.3 is 9.47 Å². The molecule has 1 aliphatic carbocycles. The summed E-state index contributed by atoms with van der Waals surface area (Å²) in [7, 11) is 0. The van der Waals surface area contributed by atoms with Crippen LogP contribution in [-0.4, -0.2) is 49.6 Å². The fraction of sp³-hybridized carbons (Fsp3) is 1.00. The van der Waals surface area contributed by atoms with Crippen LogP contribution < -0.4 is 16.2 Å². The van der Waals surface area contributed by atoms with E-state index in [2.05, 4.69) is 16.2 Å². The molecule has 0 aromatic carbocycles. The Hall–Kier alpha value is 0.0900. The average Bonchev–Trinajstić information content (AvgIpc) is 3.25. The largest absolute Gasteiger partial charge is 0.377 e. The molecule has 6 heteroatoms. The molecule has 0 radical (unpaired) electrons. The van der Waals surface area contributed by atoms with Crippen molar-refractivity contribution in [1.29, 1.82) is 0 Å². The van der Waals surface area contributed by atoms with Crippen molar-refractivity contribution in [3.8, 4) is 0 Å². The van der Waals surface area contributed by atoms with Gasteiger partial charge in [-0.3, -0.25) is 10.7 Å². The van der Waals surface area contributed by atoms with Crippen molar-refractivity contribution in [2.75, 3.05) is 19.8 Å². The molecule has 5 atom stereocenters. The van der Waals surface area contributed by atoms with Gasteiger partial charge in [0.2, 0.25) is 0 Å². The summed E-state index contributed by atoms with van der Waals surface area (Å²) in [6.45, 7) is 2.74. The van der Waals surface area contributed by atoms with E-state index in [0.717, 1.165) is 39.0 Å². The SMILES string of the molecule is ClC1CCC(C2NNC(NC[C@H]3CCCO3)C3CCOC32)CC1. The number of fused-ring (bicyclic) bond motifs is 1. The third-order valence-corrected chi connectivity index (χ3v) is 6.61. The predicted octanol–water partition coefficient (Wildman–Crippen LogP) is 1.76. The predicted molar refractivity (Wildman–Crippen MR) is 90.3 cm³/mol. The molecular formula is C17H30ClN3O2. The number of hydrazine groups is 1. The molecule has 4 fully saturated rings. The summed E-state index contributed by atoms with van der Waals surface area (Å²) in [4.78, 5) is 0. The van der Waals surface area contributed by atoms with Gasteiger partial charge in [0.1, 0.15) is 0 Å². The second-order valence-electron chi connectivity index (χ2n) is 7.64. The fourth-order valence-electron chi connectivity index (χ4n) is 4.82. The highest BCUT2D eigenvalue weighted by molar-refractivity contribution is 6.20.